The first-order valence-electron chi connectivity index (χ1n) is 10.3. The lowest BCUT2D eigenvalue weighted by atomic mass is 9.99. The number of carbonyl (C=O) groups excluding carboxylic acids is 2. The number of piperidine rings is 1. The van der Waals surface area contributed by atoms with E-state index < -0.39 is 11.0 Å². The molecule has 3 rings (SSSR count). The highest BCUT2D eigenvalue weighted by Crippen LogP contribution is 2.27. The predicted molar refractivity (Wildman–Crippen MR) is 117 cm³/mol. The largest absolute Gasteiger partial charge is 0.351 e. The van der Waals surface area contributed by atoms with Gasteiger partial charge >= 0.3 is 5.69 Å². The van der Waals surface area contributed by atoms with Crippen LogP contribution in [0.3, 0.4) is 0 Å². The van der Waals surface area contributed by atoms with Crippen molar-refractivity contribution in [1.82, 2.24) is 15.6 Å². The number of nitrogens with one attached hydrogen (secondary N) is 2. The molecule has 2 amide bonds. The average Bonchev–Trinajstić information content (AvgIpc) is 2.75. The second-order valence-electron chi connectivity index (χ2n) is 7.76. The Morgan fingerprint density at radius 1 is 1.23 bits per heavy atom. The molecule has 2 N–H and O–H groups in total. The van der Waals surface area contributed by atoms with Crippen LogP contribution in [0.15, 0.2) is 42.6 Å². The van der Waals surface area contributed by atoms with E-state index in [9.17, 15) is 19.7 Å². The standard InChI is InChI=1S/C22H27N5O4/c1-15-6-3-4-7-17(15)14-19(24-16(2)28)22(29)25-18-9-12-26(13-10-18)21-20(27(30)31)8-5-11-23-21/h3-8,11,18-19H,9-10,12-14H2,1-2H3,(H,24,28)(H,25,29)/t19-/m0/s1. The van der Waals surface area contributed by atoms with Crippen molar-refractivity contribution in [2.45, 2.75) is 45.2 Å². The number of rotatable bonds is 7. The molecule has 9 heteroatoms. The third kappa shape index (κ3) is 5.78. The average molecular weight is 425 g/mol. The monoisotopic (exact) mass is 425 g/mol. The maximum Gasteiger partial charge on any atom is 0.311 e. The number of aromatic nitrogens is 1. The first-order chi connectivity index (χ1) is 14.8. The summed E-state index contributed by atoms with van der Waals surface area (Å²) in [4.78, 5) is 41.4. The van der Waals surface area contributed by atoms with Crippen molar-refractivity contribution in [2.75, 3.05) is 18.0 Å². The van der Waals surface area contributed by atoms with Crippen LogP contribution in [0.4, 0.5) is 11.5 Å². The molecule has 1 aromatic heterocycles. The number of hydrogen-bond acceptors (Lipinski definition) is 6. The van der Waals surface area contributed by atoms with E-state index in [1.54, 1.807) is 12.3 Å². The number of aryl methyl sites for hydroxylation is 1. The van der Waals surface area contributed by atoms with Gasteiger partial charge in [-0.3, -0.25) is 19.7 Å². The molecular weight excluding hydrogens is 398 g/mol. The van der Waals surface area contributed by atoms with Gasteiger partial charge in [0.05, 0.1) is 4.92 Å². The van der Waals surface area contributed by atoms with Crippen molar-refractivity contribution in [3.05, 3.63) is 63.8 Å². The number of carbonyl (C=O) groups is 2. The van der Waals surface area contributed by atoms with Crippen LogP contribution in [-0.4, -0.2) is 46.9 Å². The molecule has 0 bridgehead atoms. The predicted octanol–water partition coefficient (Wildman–Crippen LogP) is 2.13. The van der Waals surface area contributed by atoms with Crippen LogP contribution in [0.25, 0.3) is 0 Å². The highest BCUT2D eigenvalue weighted by Gasteiger charge is 2.28. The highest BCUT2D eigenvalue weighted by atomic mass is 16.6. The number of amides is 2. The molecule has 1 fully saturated rings. The van der Waals surface area contributed by atoms with E-state index in [2.05, 4.69) is 15.6 Å². The summed E-state index contributed by atoms with van der Waals surface area (Å²) < 4.78 is 0. The van der Waals surface area contributed by atoms with Crippen molar-refractivity contribution in [1.29, 1.82) is 0 Å². The normalized spacial score (nSPS) is 15.2. The van der Waals surface area contributed by atoms with E-state index in [-0.39, 0.29) is 23.5 Å². The number of hydrogen-bond donors (Lipinski definition) is 2. The minimum Gasteiger partial charge on any atom is -0.351 e. The Morgan fingerprint density at radius 3 is 2.58 bits per heavy atom. The van der Waals surface area contributed by atoms with Gasteiger partial charge in [-0.25, -0.2) is 4.98 Å². The molecule has 1 saturated heterocycles. The van der Waals surface area contributed by atoms with Crippen LogP contribution in [0.1, 0.15) is 30.9 Å². The summed E-state index contributed by atoms with van der Waals surface area (Å²) in [6, 6.07) is 10.0. The Balaban J connectivity index is 1.61. The SMILES string of the molecule is CC(=O)N[C@@H](Cc1ccccc1C)C(=O)NC1CCN(c2ncccc2[N+](=O)[O-])CC1. The first-order valence-corrected chi connectivity index (χ1v) is 10.3. The second-order valence-corrected chi connectivity index (χ2v) is 7.76. The van der Waals surface area contributed by atoms with Gasteiger partial charge in [-0.15, -0.1) is 0 Å². The highest BCUT2D eigenvalue weighted by molar-refractivity contribution is 5.87. The van der Waals surface area contributed by atoms with Crippen molar-refractivity contribution >= 4 is 23.3 Å². The first kappa shape index (κ1) is 22.2. The molecule has 9 nitrogen and oxygen atoms in total. The number of anilines is 1. The lowest BCUT2D eigenvalue weighted by molar-refractivity contribution is -0.384. The van der Waals surface area contributed by atoms with Gasteiger partial charge in [0.15, 0.2) is 0 Å². The fourth-order valence-corrected chi connectivity index (χ4v) is 3.83. The number of pyridine rings is 1. The van der Waals surface area contributed by atoms with E-state index in [1.807, 2.05) is 36.1 Å². The Bertz CT molecular complexity index is 956. The smallest absolute Gasteiger partial charge is 0.311 e. The fraction of sp³-hybridized carbons (Fsp3) is 0.409. The number of benzene rings is 1. The topological polar surface area (TPSA) is 117 Å². The Labute approximate surface area is 181 Å². The summed E-state index contributed by atoms with van der Waals surface area (Å²) in [6.45, 7) is 4.47. The minimum atomic E-state index is -0.659. The van der Waals surface area contributed by atoms with Crippen LogP contribution < -0.4 is 15.5 Å². The van der Waals surface area contributed by atoms with Crippen LogP contribution in [0, 0.1) is 17.0 Å². The molecule has 0 aliphatic carbocycles. The molecule has 0 radical (unpaired) electrons. The van der Waals surface area contributed by atoms with Gasteiger partial charge in [0.1, 0.15) is 6.04 Å². The molecule has 2 heterocycles. The van der Waals surface area contributed by atoms with Gasteiger partial charge in [0.25, 0.3) is 0 Å². The molecular formula is C22H27N5O4. The van der Waals surface area contributed by atoms with Crippen molar-refractivity contribution in [3.63, 3.8) is 0 Å². The Morgan fingerprint density at radius 2 is 1.94 bits per heavy atom. The second kappa shape index (κ2) is 10.0. The summed E-state index contributed by atoms with van der Waals surface area (Å²) >= 11 is 0. The quantitative estimate of drug-likeness (QED) is 0.518. The molecule has 1 atom stereocenters. The summed E-state index contributed by atoms with van der Waals surface area (Å²) in [5, 5.41) is 17.1. The van der Waals surface area contributed by atoms with Gasteiger partial charge < -0.3 is 15.5 Å². The maximum absolute atomic E-state index is 12.9. The summed E-state index contributed by atoms with van der Waals surface area (Å²) in [7, 11) is 0. The van der Waals surface area contributed by atoms with E-state index in [0.29, 0.717) is 38.2 Å². The van der Waals surface area contributed by atoms with E-state index >= 15 is 0 Å². The fourth-order valence-electron chi connectivity index (χ4n) is 3.83. The zero-order valence-corrected chi connectivity index (χ0v) is 17.7. The Hall–Kier alpha value is -3.49. The molecule has 164 valence electrons. The molecule has 0 unspecified atom stereocenters. The van der Waals surface area contributed by atoms with E-state index in [0.717, 1.165) is 11.1 Å². The molecule has 1 aliphatic heterocycles. The third-order valence-electron chi connectivity index (χ3n) is 5.48. The maximum atomic E-state index is 12.9. The molecule has 0 spiro atoms. The zero-order chi connectivity index (χ0) is 22.4. The zero-order valence-electron chi connectivity index (χ0n) is 17.7. The summed E-state index contributed by atoms with van der Waals surface area (Å²) in [5.74, 6) is -0.125. The van der Waals surface area contributed by atoms with Gasteiger partial charge in [0.2, 0.25) is 17.6 Å². The minimum absolute atomic E-state index is 0.0195. The number of nitrogens with zero attached hydrogens (tertiary/aromatic N) is 3. The number of nitro groups is 1. The van der Waals surface area contributed by atoms with Gasteiger partial charge in [-0.2, -0.15) is 0 Å². The molecule has 2 aromatic rings. The third-order valence-corrected chi connectivity index (χ3v) is 5.48. The van der Waals surface area contributed by atoms with Crippen LogP contribution in [0.5, 0.6) is 0 Å². The van der Waals surface area contributed by atoms with E-state index in [1.165, 1.54) is 13.0 Å². The molecule has 1 aromatic carbocycles. The van der Waals surface area contributed by atoms with Crippen molar-refractivity contribution in [3.8, 4) is 0 Å². The summed E-state index contributed by atoms with van der Waals surface area (Å²) in [6.07, 6.45) is 3.23. The van der Waals surface area contributed by atoms with Crippen molar-refractivity contribution in [2.24, 2.45) is 0 Å². The molecule has 1 aliphatic rings. The lowest BCUT2D eigenvalue weighted by Crippen LogP contribution is -2.52. The summed E-state index contributed by atoms with van der Waals surface area (Å²) in [5.41, 5.74) is 2.05. The Kier molecular flexibility index (Phi) is 7.17. The molecule has 31 heavy (non-hydrogen) atoms. The van der Waals surface area contributed by atoms with Gasteiger partial charge in [-0.05, 0) is 37.0 Å². The van der Waals surface area contributed by atoms with Crippen LogP contribution in [-0.2, 0) is 16.0 Å². The lowest BCUT2D eigenvalue weighted by Gasteiger charge is -2.33. The van der Waals surface area contributed by atoms with Crippen LogP contribution >= 0.6 is 0 Å². The van der Waals surface area contributed by atoms with Gasteiger partial charge in [0, 0.05) is 44.7 Å². The van der Waals surface area contributed by atoms with Gasteiger partial charge in [-0.1, -0.05) is 24.3 Å². The van der Waals surface area contributed by atoms with Crippen molar-refractivity contribution < 1.29 is 14.5 Å². The van der Waals surface area contributed by atoms with Crippen LogP contribution in [0.2, 0.25) is 0 Å². The molecule has 0 saturated carbocycles. The van der Waals surface area contributed by atoms with E-state index in [4.69, 9.17) is 0 Å².